The molecule has 6 N–H and O–H groups in total. The highest BCUT2D eigenvalue weighted by Crippen LogP contribution is 2.29. The Morgan fingerprint density at radius 3 is 1.13 bits per heavy atom. The molecule has 0 bridgehead atoms. The predicted molar refractivity (Wildman–Crippen MR) is 496 cm³/mol. The molecule has 14 rings (SSSR count). The van der Waals surface area contributed by atoms with Gasteiger partial charge in [0.1, 0.15) is 63.8 Å². The third-order valence-electron chi connectivity index (χ3n) is 22.4. The van der Waals surface area contributed by atoms with Gasteiger partial charge in [-0.15, -0.1) is 0 Å². The van der Waals surface area contributed by atoms with Crippen LogP contribution in [0.15, 0.2) is 225 Å². The number of halogens is 7. The van der Waals surface area contributed by atoms with Gasteiger partial charge in [0.2, 0.25) is 20.0 Å². The first kappa shape index (κ1) is 98.8. The highest BCUT2D eigenvalue weighted by molar-refractivity contribution is 7.88. The fraction of sp³-hybridized carbons (Fsp3) is 0.360. The molecule has 129 heavy (non-hydrogen) atoms. The molecule has 2 atom stereocenters. The van der Waals surface area contributed by atoms with Crippen LogP contribution < -0.4 is 22.1 Å². The van der Waals surface area contributed by atoms with E-state index < -0.39 is 54.9 Å². The highest BCUT2D eigenvalue weighted by Gasteiger charge is 2.25. The van der Waals surface area contributed by atoms with E-state index in [-0.39, 0.29) is 30.3 Å². The predicted octanol–water partition coefficient (Wildman–Crippen LogP) is 16.8. The summed E-state index contributed by atoms with van der Waals surface area (Å²) in [6.07, 6.45) is 19.9. The number of sulfonamides is 2. The Hall–Kier alpha value is -10.8. The summed E-state index contributed by atoms with van der Waals surface area (Å²) in [5.41, 5.74) is 24.1. The first-order valence-electron chi connectivity index (χ1n) is 44.3. The van der Waals surface area contributed by atoms with Gasteiger partial charge in [-0.3, -0.25) is 9.80 Å². The maximum absolute atomic E-state index is 14.6. The molecule has 2 saturated heterocycles. The summed E-state index contributed by atoms with van der Waals surface area (Å²) in [5.74, 6) is -0.901. The van der Waals surface area contributed by atoms with Crippen LogP contribution in [0.25, 0.3) is 45.0 Å². The van der Waals surface area contributed by atoms with Crippen molar-refractivity contribution in [2.75, 3.05) is 78.0 Å². The summed E-state index contributed by atoms with van der Waals surface area (Å²) < 4.78 is 147. The molecule has 20 nitrogen and oxygen atoms in total. The van der Waals surface area contributed by atoms with Crippen molar-refractivity contribution in [1.82, 2.24) is 68.9 Å². The topological polar surface area (TPSA) is 260 Å². The van der Waals surface area contributed by atoms with E-state index in [9.17, 15) is 47.6 Å². The lowest BCUT2D eigenvalue weighted by molar-refractivity contribution is 0.149. The van der Waals surface area contributed by atoms with E-state index in [1.54, 1.807) is 60.9 Å². The average Bonchev–Trinajstić information content (AvgIpc) is 0.814. The summed E-state index contributed by atoms with van der Waals surface area (Å²) in [4.78, 5) is 40.5. The van der Waals surface area contributed by atoms with Gasteiger partial charge in [-0.1, -0.05) is 129 Å². The standard InChI is InChI=1S/2C26H30F2N4.C24H28F2N4O2S.C24H29FN4O2S/c2*1-2-24-17-29-11-12-32(24)18-20-6-3-7-21(13-20)25-9-10-30-26(31-25)8-4-5-19-14-22(27)16-23(28)15-19;1-33(31,32)30(13-5-12-27)17-19-8-2-9-20(14-19)24-22(26)16-28-23(29-24)11-4-7-18-6-3-10-21(25)15-18;1-32(30,31)29(15-7-14-26)18-20-11-5-12-21(16-20)24-22(25)17-27-23(28-24)13-6-10-19-8-3-2-4-9-19/h2*3,6-7,9-10,13-16,24,29H,2,4-5,8,11-12,17-18H2,1H3;2-3,6,8-10,14-16H,4-5,7,11-13,17,27H2,1H3;2-5,8-9,11-12,16-17H,6-7,10,13-15,18,26H2,1H3/t2*24-;;/m10../s1. The van der Waals surface area contributed by atoms with Crippen molar-refractivity contribution in [3.8, 4) is 45.0 Å². The van der Waals surface area contributed by atoms with Crippen LogP contribution in [0.1, 0.15) is 133 Å². The van der Waals surface area contributed by atoms with Gasteiger partial charge >= 0.3 is 0 Å². The van der Waals surface area contributed by atoms with Gasteiger partial charge in [-0.25, -0.2) is 87.4 Å². The Bertz CT molecular complexity index is 5590. The molecule has 2 fully saturated rings. The number of hydrogen-bond acceptors (Lipinski definition) is 18. The van der Waals surface area contributed by atoms with Crippen LogP contribution in [0.4, 0.5) is 30.7 Å². The summed E-state index contributed by atoms with van der Waals surface area (Å²) in [5, 5.41) is 6.96. The smallest absolute Gasteiger partial charge is 0.211 e. The molecule has 29 heteroatoms. The van der Waals surface area contributed by atoms with Crippen LogP contribution >= 0.6 is 0 Å². The van der Waals surface area contributed by atoms with Crippen LogP contribution in [0.3, 0.4) is 0 Å². The molecule has 682 valence electrons. The zero-order valence-electron chi connectivity index (χ0n) is 73.8. The van der Waals surface area contributed by atoms with Gasteiger partial charge < -0.3 is 22.1 Å². The van der Waals surface area contributed by atoms with Crippen LogP contribution in [0, 0.1) is 40.7 Å². The molecule has 0 unspecified atom stereocenters. The largest absolute Gasteiger partial charge is 0.330 e. The molecule has 2 aliphatic rings. The van der Waals surface area contributed by atoms with E-state index in [1.807, 2.05) is 42.5 Å². The lowest BCUT2D eigenvalue weighted by Gasteiger charge is -2.35. The first-order valence-corrected chi connectivity index (χ1v) is 48.0. The number of aromatic nitrogens is 8. The number of aryl methyl sites for hydroxylation is 8. The monoisotopic (exact) mass is 1800 g/mol. The van der Waals surface area contributed by atoms with Gasteiger partial charge in [-0.05, 0) is 207 Å². The molecule has 12 aromatic rings. The minimum absolute atomic E-state index is 0.167. The quantitative estimate of drug-likeness (QED) is 0.0262. The lowest BCUT2D eigenvalue weighted by atomic mass is 10.0. The van der Waals surface area contributed by atoms with E-state index in [4.69, 9.17) is 21.4 Å². The number of hydrogen-bond donors (Lipinski definition) is 4. The zero-order chi connectivity index (χ0) is 91.5. The number of nitrogens with two attached hydrogens (primary N) is 2. The number of nitrogens with zero attached hydrogens (tertiary/aromatic N) is 12. The summed E-state index contributed by atoms with van der Waals surface area (Å²) in [6.45, 7) is 14.5. The van der Waals surface area contributed by atoms with Gasteiger partial charge in [0.25, 0.3) is 0 Å². The molecular weight excluding hydrogens is 1690 g/mol. The van der Waals surface area contributed by atoms with E-state index in [0.29, 0.717) is 136 Å². The highest BCUT2D eigenvalue weighted by atomic mass is 32.2. The van der Waals surface area contributed by atoms with E-state index in [2.05, 4.69) is 125 Å². The Balaban J connectivity index is 0.000000166. The maximum atomic E-state index is 14.6. The lowest BCUT2D eigenvalue weighted by Crippen LogP contribution is -2.50. The second-order valence-corrected chi connectivity index (χ2v) is 36.5. The van der Waals surface area contributed by atoms with Crippen LogP contribution in [0.5, 0.6) is 0 Å². The molecule has 2 aliphatic heterocycles. The van der Waals surface area contributed by atoms with Gasteiger partial charge in [0, 0.05) is 163 Å². The Morgan fingerprint density at radius 1 is 0.372 bits per heavy atom. The van der Waals surface area contributed by atoms with Crippen molar-refractivity contribution in [2.45, 2.75) is 155 Å². The van der Waals surface area contributed by atoms with Crippen molar-refractivity contribution in [3.05, 3.63) is 334 Å². The van der Waals surface area contributed by atoms with E-state index in [1.165, 1.54) is 74.2 Å². The average molecular weight is 1800 g/mol. The second kappa shape index (κ2) is 50.4. The van der Waals surface area contributed by atoms with E-state index >= 15 is 0 Å². The second-order valence-electron chi connectivity index (χ2n) is 32.5. The Labute approximate surface area is 754 Å². The molecule has 8 aromatic carbocycles. The summed E-state index contributed by atoms with van der Waals surface area (Å²) in [7, 11) is -6.79. The van der Waals surface area contributed by atoms with Crippen LogP contribution in [-0.4, -0.2) is 165 Å². The van der Waals surface area contributed by atoms with Crippen molar-refractivity contribution < 1.29 is 47.6 Å². The van der Waals surface area contributed by atoms with Gasteiger partial charge in [-0.2, -0.15) is 8.61 Å². The number of piperazine rings is 2. The number of nitrogens with one attached hydrogen (secondary N) is 2. The molecule has 0 amide bonds. The van der Waals surface area contributed by atoms with Crippen molar-refractivity contribution in [1.29, 1.82) is 0 Å². The molecule has 6 heterocycles. The third-order valence-corrected chi connectivity index (χ3v) is 24.9. The minimum Gasteiger partial charge on any atom is -0.330 e. The van der Waals surface area contributed by atoms with Crippen LogP contribution in [0.2, 0.25) is 0 Å². The molecule has 0 aliphatic carbocycles. The van der Waals surface area contributed by atoms with Crippen molar-refractivity contribution in [3.63, 3.8) is 0 Å². The third kappa shape index (κ3) is 32.4. The normalized spacial score (nSPS) is 14.3. The molecule has 0 radical (unpaired) electrons. The summed E-state index contributed by atoms with van der Waals surface area (Å²) >= 11 is 0. The Morgan fingerprint density at radius 2 is 0.729 bits per heavy atom. The first-order chi connectivity index (χ1) is 62.3. The van der Waals surface area contributed by atoms with Gasteiger partial charge in [0.05, 0.1) is 36.3 Å². The summed E-state index contributed by atoms with van der Waals surface area (Å²) in [6, 6.07) is 60.3. The maximum Gasteiger partial charge on any atom is 0.211 e. The molecule has 0 saturated carbocycles. The number of rotatable bonds is 38. The molecule has 4 aromatic heterocycles. The fourth-order valence-electron chi connectivity index (χ4n) is 15.7. The number of benzene rings is 8. The van der Waals surface area contributed by atoms with Gasteiger partial charge in [0.15, 0.2) is 11.6 Å². The Kier molecular flexibility index (Phi) is 38.6. The molecular formula is C100H117F7N16O4S2. The molecule has 0 spiro atoms. The minimum atomic E-state index is -3.41. The van der Waals surface area contributed by atoms with E-state index in [0.717, 1.165) is 166 Å². The fourth-order valence-corrected chi connectivity index (χ4v) is 17.4. The van der Waals surface area contributed by atoms with Crippen LogP contribution in [-0.2, 0) is 97.6 Å². The SMILES string of the molecule is CC[C@@H]1CNCCN1Cc1cccc(-c2ccnc(CCCc3cc(F)cc(F)c3)n2)c1.CC[C@H]1CNCCN1Cc1cccc(-c2ccnc(CCCc3cc(F)cc(F)c3)n2)c1.CS(=O)(=O)N(CCCN)Cc1cccc(-c2nc(CCCc3cccc(F)c3)ncc2F)c1.CS(=O)(=O)N(CCCN)Cc1cccc(-c2nc(CCCc3ccccc3)ncc2F)c1. The van der Waals surface area contributed by atoms with Crippen molar-refractivity contribution >= 4 is 20.0 Å². The zero-order valence-corrected chi connectivity index (χ0v) is 75.5. The van der Waals surface area contributed by atoms with Crippen molar-refractivity contribution in [2.24, 2.45) is 11.5 Å².